The van der Waals surface area contributed by atoms with Crippen molar-refractivity contribution in [3.8, 4) is 0 Å². The van der Waals surface area contributed by atoms with Crippen LogP contribution in [-0.2, 0) is 4.79 Å². The number of rotatable bonds is 3. The summed E-state index contributed by atoms with van der Waals surface area (Å²) < 4.78 is 0. The molecule has 0 aromatic carbocycles. The highest BCUT2D eigenvalue weighted by Crippen LogP contribution is 2.50. The molecule has 92 valence electrons. The molecule has 2 rings (SSSR count). The molecule has 1 N–H and O–H groups in total. The summed E-state index contributed by atoms with van der Waals surface area (Å²) in [7, 11) is 0. The molecule has 0 aromatic heterocycles. The Labute approximate surface area is 98.6 Å². The molecule has 0 spiro atoms. The van der Waals surface area contributed by atoms with Gasteiger partial charge in [0.1, 0.15) is 0 Å². The van der Waals surface area contributed by atoms with Crippen molar-refractivity contribution in [3.05, 3.63) is 0 Å². The lowest BCUT2D eigenvalue weighted by atomic mass is 10.1. The van der Waals surface area contributed by atoms with E-state index >= 15 is 0 Å². The van der Waals surface area contributed by atoms with Gasteiger partial charge in [-0.2, -0.15) is 0 Å². The van der Waals surface area contributed by atoms with Crippen molar-refractivity contribution in [2.24, 2.45) is 11.3 Å². The molecule has 1 saturated carbocycles. The fourth-order valence-corrected chi connectivity index (χ4v) is 2.73. The molecule has 1 heterocycles. The van der Waals surface area contributed by atoms with Gasteiger partial charge in [0.05, 0.1) is 12.2 Å². The van der Waals surface area contributed by atoms with E-state index in [1.54, 1.807) is 0 Å². The van der Waals surface area contributed by atoms with E-state index < -0.39 is 0 Å². The van der Waals surface area contributed by atoms with E-state index in [0.29, 0.717) is 23.3 Å². The molecule has 0 bridgehead atoms. The van der Waals surface area contributed by atoms with Crippen LogP contribution in [0.1, 0.15) is 47.5 Å². The van der Waals surface area contributed by atoms with Gasteiger partial charge in [-0.3, -0.25) is 10.1 Å². The van der Waals surface area contributed by atoms with Crippen molar-refractivity contribution in [2.45, 2.75) is 65.7 Å². The van der Waals surface area contributed by atoms with Crippen molar-refractivity contribution in [1.29, 1.82) is 0 Å². The summed E-state index contributed by atoms with van der Waals surface area (Å²) in [6, 6.07) is 0.460. The number of carbonyl (C=O) groups excluding carboxylic acids is 1. The lowest BCUT2D eigenvalue weighted by Crippen LogP contribution is -2.41. The Kier molecular flexibility index (Phi) is 2.77. The lowest BCUT2D eigenvalue weighted by Gasteiger charge is -2.27. The van der Waals surface area contributed by atoms with Crippen molar-refractivity contribution in [3.63, 3.8) is 0 Å². The van der Waals surface area contributed by atoms with Gasteiger partial charge < -0.3 is 4.90 Å². The van der Waals surface area contributed by atoms with Crippen LogP contribution in [0.5, 0.6) is 0 Å². The molecule has 1 aliphatic heterocycles. The van der Waals surface area contributed by atoms with Gasteiger partial charge in [0.15, 0.2) is 0 Å². The third kappa shape index (κ3) is 1.97. The Hall–Kier alpha value is -0.570. The van der Waals surface area contributed by atoms with E-state index in [1.165, 1.54) is 0 Å². The highest BCUT2D eigenvalue weighted by Gasteiger charge is 2.55. The average Bonchev–Trinajstić information content (AvgIpc) is 2.64. The maximum Gasteiger partial charge on any atom is 0.240 e. The van der Waals surface area contributed by atoms with Crippen LogP contribution >= 0.6 is 0 Å². The molecule has 3 atom stereocenters. The summed E-state index contributed by atoms with van der Waals surface area (Å²) in [5.41, 5.74) is 0.330. The first kappa shape index (κ1) is 11.9. The van der Waals surface area contributed by atoms with E-state index in [1.807, 2.05) is 6.92 Å². The molecule has 2 aliphatic rings. The van der Waals surface area contributed by atoms with Gasteiger partial charge in [0, 0.05) is 6.04 Å². The summed E-state index contributed by atoms with van der Waals surface area (Å²) >= 11 is 0. The zero-order valence-corrected chi connectivity index (χ0v) is 11.1. The third-order valence-electron chi connectivity index (χ3n) is 3.89. The first-order valence-electron chi connectivity index (χ1n) is 6.41. The summed E-state index contributed by atoms with van der Waals surface area (Å²) in [6.07, 6.45) is 2.47. The largest absolute Gasteiger partial charge is 0.322 e. The Morgan fingerprint density at radius 2 is 2.06 bits per heavy atom. The molecule has 3 unspecified atom stereocenters. The van der Waals surface area contributed by atoms with Crippen LogP contribution in [0, 0.1) is 11.3 Å². The van der Waals surface area contributed by atoms with Gasteiger partial charge in [-0.15, -0.1) is 0 Å². The second-order valence-corrected chi connectivity index (χ2v) is 6.49. The highest BCUT2D eigenvalue weighted by atomic mass is 16.2. The normalized spacial score (nSPS) is 37.2. The van der Waals surface area contributed by atoms with Crippen LogP contribution in [0.15, 0.2) is 0 Å². The van der Waals surface area contributed by atoms with E-state index in [9.17, 15) is 4.79 Å². The molecular weight excluding hydrogens is 200 g/mol. The summed E-state index contributed by atoms with van der Waals surface area (Å²) in [6.45, 7) is 10.9. The third-order valence-corrected chi connectivity index (χ3v) is 3.89. The smallest absolute Gasteiger partial charge is 0.240 e. The Morgan fingerprint density at radius 3 is 2.50 bits per heavy atom. The second kappa shape index (κ2) is 3.73. The maximum atomic E-state index is 12.1. The van der Waals surface area contributed by atoms with Gasteiger partial charge in [-0.05, 0) is 31.1 Å². The van der Waals surface area contributed by atoms with Crippen LogP contribution in [0.2, 0.25) is 0 Å². The molecule has 0 radical (unpaired) electrons. The SMILES string of the molecule is CC(C)CC1NC(C)C(=O)N1C1CC1(C)C. The van der Waals surface area contributed by atoms with Gasteiger partial charge in [0.2, 0.25) is 5.91 Å². The molecule has 3 heteroatoms. The zero-order chi connectivity index (χ0) is 12.1. The Bertz CT molecular complexity index is 298. The first-order valence-corrected chi connectivity index (χ1v) is 6.41. The van der Waals surface area contributed by atoms with E-state index in [4.69, 9.17) is 0 Å². The van der Waals surface area contributed by atoms with Crippen LogP contribution in [-0.4, -0.2) is 29.1 Å². The molecular formula is C13H24N2O. The molecule has 2 fully saturated rings. The van der Waals surface area contributed by atoms with Crippen molar-refractivity contribution in [2.75, 3.05) is 0 Å². The summed E-state index contributed by atoms with van der Waals surface area (Å²) in [4.78, 5) is 14.2. The fraction of sp³-hybridized carbons (Fsp3) is 0.923. The minimum atomic E-state index is 0.000139. The maximum absolute atomic E-state index is 12.1. The summed E-state index contributed by atoms with van der Waals surface area (Å²) in [5, 5.41) is 3.42. The standard InChI is InChI=1S/C13H24N2O/c1-8(2)6-11-14-9(3)12(16)15(11)10-7-13(10,4)5/h8-11,14H,6-7H2,1-5H3. The molecule has 1 saturated heterocycles. The first-order chi connectivity index (χ1) is 7.33. The predicted octanol–water partition coefficient (Wildman–Crippen LogP) is 1.98. The minimum Gasteiger partial charge on any atom is -0.322 e. The second-order valence-electron chi connectivity index (χ2n) is 6.49. The number of amides is 1. The average molecular weight is 224 g/mol. The number of hydrogen-bond donors (Lipinski definition) is 1. The Morgan fingerprint density at radius 1 is 1.50 bits per heavy atom. The number of nitrogens with zero attached hydrogens (tertiary/aromatic N) is 1. The monoisotopic (exact) mass is 224 g/mol. The van der Waals surface area contributed by atoms with Gasteiger partial charge >= 0.3 is 0 Å². The highest BCUT2D eigenvalue weighted by molar-refractivity contribution is 5.84. The van der Waals surface area contributed by atoms with Gasteiger partial charge in [-0.1, -0.05) is 27.7 Å². The zero-order valence-electron chi connectivity index (χ0n) is 11.1. The van der Waals surface area contributed by atoms with Gasteiger partial charge in [0.25, 0.3) is 0 Å². The topological polar surface area (TPSA) is 32.3 Å². The molecule has 3 nitrogen and oxygen atoms in total. The van der Waals surface area contributed by atoms with Crippen molar-refractivity contribution in [1.82, 2.24) is 10.2 Å². The number of carbonyl (C=O) groups is 1. The van der Waals surface area contributed by atoms with Crippen LogP contribution in [0.3, 0.4) is 0 Å². The van der Waals surface area contributed by atoms with Gasteiger partial charge in [-0.25, -0.2) is 0 Å². The van der Waals surface area contributed by atoms with Crippen molar-refractivity contribution >= 4 is 5.91 Å². The minimum absolute atomic E-state index is 0.000139. The van der Waals surface area contributed by atoms with Crippen molar-refractivity contribution < 1.29 is 4.79 Å². The van der Waals surface area contributed by atoms with Crippen LogP contribution in [0.4, 0.5) is 0 Å². The van der Waals surface area contributed by atoms with E-state index in [0.717, 1.165) is 12.8 Å². The van der Waals surface area contributed by atoms with Crippen LogP contribution < -0.4 is 5.32 Å². The number of nitrogens with one attached hydrogen (secondary N) is 1. The number of hydrogen-bond acceptors (Lipinski definition) is 2. The predicted molar refractivity (Wildman–Crippen MR) is 64.9 cm³/mol. The molecule has 0 aromatic rings. The Balaban J connectivity index is 2.09. The molecule has 16 heavy (non-hydrogen) atoms. The molecule has 1 amide bonds. The summed E-state index contributed by atoms with van der Waals surface area (Å²) in [5.74, 6) is 0.918. The molecule has 1 aliphatic carbocycles. The van der Waals surface area contributed by atoms with Crippen LogP contribution in [0.25, 0.3) is 0 Å². The van der Waals surface area contributed by atoms with E-state index in [-0.39, 0.29) is 12.2 Å². The quantitative estimate of drug-likeness (QED) is 0.795. The lowest BCUT2D eigenvalue weighted by molar-refractivity contribution is -0.130. The fourth-order valence-electron chi connectivity index (χ4n) is 2.73. The van der Waals surface area contributed by atoms with E-state index in [2.05, 4.69) is 37.9 Å².